The number of halogens is 2. The van der Waals surface area contributed by atoms with Crippen molar-refractivity contribution in [1.82, 2.24) is 4.90 Å². The van der Waals surface area contributed by atoms with Crippen molar-refractivity contribution in [2.45, 2.75) is 38.0 Å². The first-order chi connectivity index (χ1) is 24.1. The summed E-state index contributed by atoms with van der Waals surface area (Å²) in [4.78, 5) is 30.9. The molecule has 0 spiro atoms. The Morgan fingerprint density at radius 3 is 2.28 bits per heavy atom. The number of ether oxygens (including phenoxy) is 4. The molecular formula is C37H37Cl2N3O8. The molecule has 0 radical (unpaired) electrons. The van der Waals surface area contributed by atoms with Crippen LogP contribution in [-0.4, -0.2) is 62.0 Å². The van der Waals surface area contributed by atoms with Crippen LogP contribution in [0.4, 0.5) is 10.5 Å². The van der Waals surface area contributed by atoms with Crippen LogP contribution in [0.15, 0.2) is 79.1 Å². The van der Waals surface area contributed by atoms with Crippen LogP contribution in [0.2, 0.25) is 10.0 Å². The van der Waals surface area contributed by atoms with Crippen LogP contribution >= 0.6 is 23.2 Å². The number of benzene rings is 3. The van der Waals surface area contributed by atoms with Crippen molar-refractivity contribution < 1.29 is 38.4 Å². The molecule has 50 heavy (non-hydrogen) atoms. The molecule has 0 saturated carbocycles. The van der Waals surface area contributed by atoms with E-state index in [-0.39, 0.29) is 40.4 Å². The smallest absolute Gasteiger partial charge is 0.415 e. The number of fused-ring (bicyclic) bond motifs is 3. The number of hydrogen-bond acceptors (Lipinski definition) is 9. The van der Waals surface area contributed by atoms with Crippen molar-refractivity contribution in [2.24, 2.45) is 5.92 Å². The van der Waals surface area contributed by atoms with Gasteiger partial charge in [0.25, 0.3) is 0 Å². The molecule has 0 unspecified atom stereocenters. The normalized spacial score (nSPS) is 18.6. The standard InChI is InChI=1S/C37H37Cl2N3O8/c1-47-32-12-11-26(17-34(32)48-2)33(18-27-28(38)20-41(46)21-29(27)39)49-36(44)25-9-7-23(8-10-25)19-42(30-5-3-4-6-31(30)43)37(45)50-35-22-40-15-13-24(35)14-16-40/h3-12,17,20-21,24,33,35,43H,13-16,18-19,22H2,1-2H3/t33-,35-/m0/s1. The number of esters is 1. The number of hydrogen-bond donors (Lipinski definition) is 1. The van der Waals surface area contributed by atoms with Crippen molar-refractivity contribution in [3.63, 3.8) is 0 Å². The zero-order chi connectivity index (χ0) is 35.4. The van der Waals surface area contributed by atoms with Gasteiger partial charge >= 0.3 is 12.1 Å². The highest BCUT2D eigenvalue weighted by atomic mass is 35.5. The molecule has 2 bridgehead atoms. The predicted molar refractivity (Wildman–Crippen MR) is 187 cm³/mol. The van der Waals surface area contributed by atoms with Crippen molar-refractivity contribution in [3.05, 3.63) is 117 Å². The summed E-state index contributed by atoms with van der Waals surface area (Å²) in [5.74, 6) is 0.561. The van der Waals surface area contributed by atoms with Crippen LogP contribution in [0.3, 0.4) is 0 Å². The second-order valence-electron chi connectivity index (χ2n) is 12.3. The van der Waals surface area contributed by atoms with Crippen molar-refractivity contribution in [3.8, 4) is 17.2 Å². The Hall–Kier alpha value is -4.71. The average Bonchev–Trinajstić information content (AvgIpc) is 3.12. The molecule has 2 atom stereocenters. The van der Waals surface area contributed by atoms with Gasteiger partial charge in [0.05, 0.1) is 32.0 Å². The maximum Gasteiger partial charge on any atom is 0.415 e. The first-order valence-corrected chi connectivity index (χ1v) is 17.0. The molecule has 3 aliphatic heterocycles. The first kappa shape index (κ1) is 35.1. The summed E-state index contributed by atoms with van der Waals surface area (Å²) in [6.45, 7) is 2.82. The van der Waals surface area contributed by atoms with E-state index in [2.05, 4.69) is 4.90 Å². The monoisotopic (exact) mass is 721 g/mol. The fourth-order valence-corrected chi connectivity index (χ4v) is 7.09. The van der Waals surface area contributed by atoms with Crippen LogP contribution in [-0.2, 0) is 22.4 Å². The molecular weight excluding hydrogens is 685 g/mol. The van der Waals surface area contributed by atoms with E-state index in [0.29, 0.717) is 51.1 Å². The van der Waals surface area contributed by atoms with Crippen molar-refractivity contribution >= 4 is 41.0 Å². The van der Waals surface area contributed by atoms with Gasteiger partial charge in [0, 0.05) is 18.5 Å². The summed E-state index contributed by atoms with van der Waals surface area (Å²) in [6.07, 6.45) is 2.77. The van der Waals surface area contributed by atoms with Gasteiger partial charge in [-0.15, -0.1) is 0 Å². The third-order valence-electron chi connectivity index (χ3n) is 9.25. The molecule has 4 aromatic rings. The summed E-state index contributed by atoms with van der Waals surface area (Å²) in [6, 6.07) is 18.4. The molecule has 7 rings (SSSR count). The highest BCUT2D eigenvalue weighted by Crippen LogP contribution is 2.36. The van der Waals surface area contributed by atoms with Gasteiger partial charge in [-0.3, -0.25) is 9.80 Å². The van der Waals surface area contributed by atoms with E-state index in [1.165, 1.54) is 37.6 Å². The average molecular weight is 723 g/mol. The van der Waals surface area contributed by atoms with Gasteiger partial charge in [-0.1, -0.05) is 53.5 Å². The lowest BCUT2D eigenvalue weighted by Gasteiger charge is -2.44. The molecule has 4 heterocycles. The van der Waals surface area contributed by atoms with E-state index in [4.69, 9.17) is 42.1 Å². The largest absolute Gasteiger partial charge is 0.619 e. The van der Waals surface area contributed by atoms with E-state index >= 15 is 0 Å². The Morgan fingerprint density at radius 1 is 0.980 bits per heavy atom. The number of methoxy groups -OCH3 is 2. The first-order valence-electron chi connectivity index (χ1n) is 16.2. The number of pyridine rings is 1. The SMILES string of the molecule is COc1ccc([C@H](Cc2c(Cl)c[n+]([O-])cc2Cl)OC(=O)c2ccc(CN(C(=O)O[C@H]3CN4CCC3CC4)c3ccccc3O)cc2)cc1OC. The van der Waals surface area contributed by atoms with Gasteiger partial charge in [-0.05, 0) is 79.4 Å². The van der Waals surface area contributed by atoms with Gasteiger partial charge < -0.3 is 29.3 Å². The summed E-state index contributed by atoms with van der Waals surface area (Å²) in [5, 5.41) is 22.8. The fourth-order valence-electron chi connectivity index (χ4n) is 6.50. The van der Waals surface area contributed by atoms with Crippen molar-refractivity contribution in [1.29, 1.82) is 0 Å². The number of para-hydroxylation sites is 2. The number of nitrogens with zero attached hydrogens (tertiary/aromatic N) is 3. The number of aromatic hydroxyl groups is 1. The third kappa shape index (κ3) is 7.85. The minimum Gasteiger partial charge on any atom is -0.619 e. The number of piperidine rings is 3. The van der Waals surface area contributed by atoms with Crippen LogP contribution in [0.25, 0.3) is 0 Å². The van der Waals surface area contributed by atoms with Crippen molar-refractivity contribution in [2.75, 3.05) is 38.8 Å². The topological polar surface area (TPSA) is 125 Å². The molecule has 0 aliphatic carbocycles. The van der Waals surface area contributed by atoms with E-state index in [1.807, 2.05) is 0 Å². The second kappa shape index (κ2) is 15.5. The lowest BCUT2D eigenvalue weighted by molar-refractivity contribution is -0.605. The van der Waals surface area contributed by atoms with Gasteiger partial charge in [-0.2, -0.15) is 4.73 Å². The molecule has 3 aromatic carbocycles. The molecule has 3 saturated heterocycles. The second-order valence-corrected chi connectivity index (χ2v) is 13.2. The van der Waals surface area contributed by atoms with Gasteiger partial charge in [0.2, 0.25) is 0 Å². The molecule has 13 heteroatoms. The van der Waals surface area contributed by atoms with E-state index in [9.17, 15) is 19.9 Å². The third-order valence-corrected chi connectivity index (χ3v) is 9.90. The Bertz CT molecular complexity index is 1830. The van der Waals surface area contributed by atoms with E-state index < -0.39 is 18.2 Å². The summed E-state index contributed by atoms with van der Waals surface area (Å²) in [7, 11) is 3.02. The minimum atomic E-state index is -0.878. The maximum atomic E-state index is 13.6. The number of phenols is 1. The van der Waals surface area contributed by atoms with Gasteiger partial charge in [0.15, 0.2) is 23.9 Å². The number of aromatic nitrogens is 1. The summed E-state index contributed by atoms with van der Waals surface area (Å²) >= 11 is 12.8. The number of anilines is 1. The van der Waals surface area contributed by atoms with Crippen LogP contribution < -0.4 is 19.1 Å². The molecule has 11 nitrogen and oxygen atoms in total. The molecule has 1 N–H and O–H groups in total. The van der Waals surface area contributed by atoms with Crippen LogP contribution in [0, 0.1) is 11.1 Å². The zero-order valence-electron chi connectivity index (χ0n) is 27.6. The molecule has 3 fully saturated rings. The highest BCUT2D eigenvalue weighted by Gasteiger charge is 2.37. The Kier molecular flexibility index (Phi) is 10.9. The molecule has 1 aromatic heterocycles. The lowest BCUT2D eigenvalue weighted by atomic mass is 9.86. The number of carbonyl (C=O) groups is 2. The predicted octanol–water partition coefficient (Wildman–Crippen LogP) is 6.73. The van der Waals surface area contributed by atoms with E-state index in [0.717, 1.165) is 25.9 Å². The molecule has 262 valence electrons. The molecule has 3 aliphatic rings. The Balaban J connectivity index is 1.22. The van der Waals surface area contributed by atoms with Gasteiger partial charge in [0.1, 0.15) is 28.0 Å². The molecule has 1 amide bonds. The zero-order valence-corrected chi connectivity index (χ0v) is 29.1. The number of phenolic OH excluding ortho intramolecular Hbond substituents is 1. The van der Waals surface area contributed by atoms with Crippen LogP contribution in [0.1, 0.15) is 46.0 Å². The van der Waals surface area contributed by atoms with Crippen LogP contribution in [0.5, 0.6) is 17.2 Å². The summed E-state index contributed by atoms with van der Waals surface area (Å²) in [5.41, 5.74) is 2.28. The van der Waals surface area contributed by atoms with Gasteiger partial charge in [-0.25, -0.2) is 9.59 Å². The Morgan fingerprint density at radius 2 is 1.66 bits per heavy atom. The number of carbonyl (C=O) groups excluding carboxylic acids is 2. The highest BCUT2D eigenvalue weighted by molar-refractivity contribution is 6.35. The van der Waals surface area contributed by atoms with E-state index in [1.54, 1.807) is 60.7 Å². The maximum absolute atomic E-state index is 13.6. The minimum absolute atomic E-state index is 0.0524. The quantitative estimate of drug-likeness (QED) is 0.102. The Labute approximate surface area is 300 Å². The number of amides is 1. The fraction of sp³-hybridized carbons (Fsp3) is 0.324. The number of rotatable bonds is 11. The summed E-state index contributed by atoms with van der Waals surface area (Å²) < 4.78 is 23.4. The lowest BCUT2D eigenvalue weighted by Crippen LogP contribution is -2.53.